The fraction of sp³-hybridized carbons (Fsp3) is 0.720. The molecule has 0 aromatic heterocycles. The highest BCUT2D eigenvalue weighted by atomic mass is 31.2. The van der Waals surface area contributed by atoms with Gasteiger partial charge < -0.3 is 14.4 Å². The predicted octanol–water partition coefficient (Wildman–Crippen LogP) is 3.69. The van der Waals surface area contributed by atoms with Crippen molar-refractivity contribution in [2.24, 2.45) is 28.6 Å². The van der Waals surface area contributed by atoms with Crippen molar-refractivity contribution in [3.8, 4) is 0 Å². The van der Waals surface area contributed by atoms with Crippen molar-refractivity contribution < 1.29 is 33.3 Å². The maximum atomic E-state index is 13.6. The van der Waals surface area contributed by atoms with Gasteiger partial charge in [0.1, 0.15) is 24.3 Å². The van der Waals surface area contributed by atoms with Gasteiger partial charge in [-0.25, -0.2) is 0 Å². The van der Waals surface area contributed by atoms with Gasteiger partial charge in [0.2, 0.25) is 7.37 Å². The molecule has 8 heteroatoms. The van der Waals surface area contributed by atoms with E-state index in [9.17, 15) is 24.1 Å². The molecule has 4 rings (SSSR count). The third-order valence-corrected chi connectivity index (χ3v) is 10.3. The molecule has 0 aliphatic heterocycles. The van der Waals surface area contributed by atoms with Gasteiger partial charge >= 0.3 is 0 Å². The molecule has 0 spiro atoms. The second-order valence-corrected chi connectivity index (χ2v) is 13.3. The number of ketones is 3. The first kappa shape index (κ1) is 24.7. The highest BCUT2D eigenvalue weighted by Gasteiger charge is 2.68. The smallest absolute Gasteiger partial charge is 0.225 e. The molecule has 0 saturated heterocycles. The van der Waals surface area contributed by atoms with E-state index in [4.69, 9.17) is 9.26 Å². The average molecular weight is 479 g/mol. The minimum Gasteiger partial charge on any atom is -0.381 e. The lowest BCUT2D eigenvalue weighted by Crippen LogP contribution is -2.60. The minimum atomic E-state index is -2.95. The summed E-state index contributed by atoms with van der Waals surface area (Å²) in [6, 6.07) is 0. The molecule has 0 aromatic rings. The van der Waals surface area contributed by atoms with E-state index >= 15 is 0 Å². The standard InChI is InChI=1S/C25H35O7P/c1-5-32-33(4,30)15-31-14-21(28)25(29)11-9-19-18-7-6-16-12-17(26)8-10-23(16,2)22(18)20(27)13-24(19,25)3/h8,10,12,18-19,22,29H,5-7,9,11,13-15H2,1-4H3/t18-,19-,22+,23-,24-,25-,33?/m0/s1. The van der Waals surface area contributed by atoms with Gasteiger partial charge in [0, 0.05) is 29.8 Å². The number of fused-ring (bicyclic) bond motifs is 5. The molecule has 0 radical (unpaired) electrons. The number of hydrogen-bond donors (Lipinski definition) is 1. The largest absolute Gasteiger partial charge is 0.381 e. The van der Waals surface area contributed by atoms with Crippen LogP contribution in [0.5, 0.6) is 0 Å². The molecule has 7 atom stereocenters. The summed E-state index contributed by atoms with van der Waals surface area (Å²) in [6.07, 6.45) is 7.53. The Balaban J connectivity index is 1.55. The Morgan fingerprint density at radius 3 is 2.70 bits per heavy atom. The Morgan fingerprint density at radius 1 is 1.27 bits per heavy atom. The first-order valence-electron chi connectivity index (χ1n) is 11.9. The number of aliphatic hydroxyl groups is 1. The zero-order valence-corrected chi connectivity index (χ0v) is 20.9. The van der Waals surface area contributed by atoms with Gasteiger partial charge in [0.15, 0.2) is 11.6 Å². The van der Waals surface area contributed by atoms with Crippen molar-refractivity contribution in [1.29, 1.82) is 0 Å². The van der Waals surface area contributed by atoms with Crippen LogP contribution in [0.25, 0.3) is 0 Å². The lowest BCUT2D eigenvalue weighted by molar-refractivity contribution is -0.169. The van der Waals surface area contributed by atoms with Crippen LogP contribution in [0.1, 0.15) is 52.9 Å². The second kappa shape index (κ2) is 8.37. The van der Waals surface area contributed by atoms with Gasteiger partial charge in [-0.1, -0.05) is 25.5 Å². The Bertz CT molecular complexity index is 983. The zero-order valence-electron chi connectivity index (χ0n) is 20.0. The molecule has 0 bridgehead atoms. The predicted molar refractivity (Wildman–Crippen MR) is 123 cm³/mol. The van der Waals surface area contributed by atoms with Crippen LogP contribution in [-0.4, -0.2) is 54.3 Å². The molecule has 4 aliphatic rings. The van der Waals surface area contributed by atoms with E-state index < -0.39 is 29.6 Å². The van der Waals surface area contributed by atoms with E-state index in [1.165, 1.54) is 6.66 Å². The number of allylic oxidation sites excluding steroid dienone is 4. The van der Waals surface area contributed by atoms with E-state index in [1.807, 2.05) is 19.9 Å². The van der Waals surface area contributed by atoms with Gasteiger partial charge in [-0.05, 0) is 56.6 Å². The van der Waals surface area contributed by atoms with Crippen molar-refractivity contribution in [2.45, 2.75) is 58.5 Å². The molecular formula is C25H35O7P. The molecule has 4 aliphatic carbocycles. The molecule has 7 nitrogen and oxygen atoms in total. The van der Waals surface area contributed by atoms with E-state index in [0.717, 1.165) is 18.4 Å². The normalized spacial score (nSPS) is 41.6. The maximum Gasteiger partial charge on any atom is 0.225 e. The molecule has 3 fully saturated rings. The summed E-state index contributed by atoms with van der Waals surface area (Å²) in [5.74, 6) is -0.607. The summed E-state index contributed by atoms with van der Waals surface area (Å²) in [4.78, 5) is 38.7. The molecule has 0 amide bonds. The van der Waals surface area contributed by atoms with Crippen LogP contribution < -0.4 is 0 Å². The van der Waals surface area contributed by atoms with Crippen molar-refractivity contribution in [1.82, 2.24) is 0 Å². The number of carbonyl (C=O) groups is 3. The second-order valence-electron chi connectivity index (χ2n) is 10.8. The molecule has 3 saturated carbocycles. The molecule has 1 unspecified atom stereocenters. The van der Waals surface area contributed by atoms with Crippen molar-refractivity contribution >= 4 is 24.7 Å². The topological polar surface area (TPSA) is 107 Å². The third kappa shape index (κ3) is 3.85. The van der Waals surface area contributed by atoms with Crippen LogP contribution in [0.2, 0.25) is 0 Å². The van der Waals surface area contributed by atoms with Gasteiger partial charge in [-0.15, -0.1) is 0 Å². The number of ether oxygens (including phenoxy) is 1. The molecule has 0 heterocycles. The lowest BCUT2D eigenvalue weighted by atomic mass is 9.46. The highest BCUT2D eigenvalue weighted by molar-refractivity contribution is 7.57. The van der Waals surface area contributed by atoms with Gasteiger partial charge in [-0.3, -0.25) is 18.9 Å². The van der Waals surface area contributed by atoms with Gasteiger partial charge in [0.05, 0.1) is 6.61 Å². The van der Waals surface area contributed by atoms with E-state index in [2.05, 4.69) is 0 Å². The number of carbonyl (C=O) groups excluding carboxylic acids is 3. The van der Waals surface area contributed by atoms with E-state index in [0.29, 0.717) is 13.0 Å². The van der Waals surface area contributed by atoms with Gasteiger partial charge in [0.25, 0.3) is 0 Å². The summed E-state index contributed by atoms with van der Waals surface area (Å²) < 4.78 is 22.9. The van der Waals surface area contributed by atoms with Crippen molar-refractivity contribution in [3.05, 3.63) is 23.8 Å². The summed E-state index contributed by atoms with van der Waals surface area (Å²) in [5, 5.41) is 11.6. The van der Waals surface area contributed by atoms with E-state index in [1.54, 1.807) is 19.1 Å². The van der Waals surface area contributed by atoms with Crippen LogP contribution in [0.4, 0.5) is 0 Å². The Hall–Kier alpha value is -1.40. The Kier molecular flexibility index (Phi) is 6.27. The van der Waals surface area contributed by atoms with Crippen LogP contribution in [0.3, 0.4) is 0 Å². The molecule has 0 aromatic carbocycles. The Labute approximate surface area is 195 Å². The summed E-state index contributed by atoms with van der Waals surface area (Å²) >= 11 is 0. The monoisotopic (exact) mass is 478 g/mol. The van der Waals surface area contributed by atoms with Gasteiger partial charge in [-0.2, -0.15) is 0 Å². The number of Topliss-reactive ketones (excluding diaryl/α,β-unsaturated/α-hetero) is 2. The first-order valence-corrected chi connectivity index (χ1v) is 14.1. The molecule has 1 N–H and O–H groups in total. The fourth-order valence-corrected chi connectivity index (χ4v) is 8.27. The average Bonchev–Trinajstić information content (AvgIpc) is 2.99. The molecule has 33 heavy (non-hydrogen) atoms. The summed E-state index contributed by atoms with van der Waals surface area (Å²) in [6.45, 7) is 7.04. The van der Waals surface area contributed by atoms with Crippen molar-refractivity contribution in [3.63, 3.8) is 0 Å². The van der Waals surface area contributed by atoms with Crippen LogP contribution in [0.15, 0.2) is 23.8 Å². The zero-order chi connectivity index (χ0) is 24.2. The number of hydrogen-bond acceptors (Lipinski definition) is 7. The van der Waals surface area contributed by atoms with Crippen LogP contribution in [0, 0.1) is 28.6 Å². The molecule has 182 valence electrons. The van der Waals surface area contributed by atoms with Crippen molar-refractivity contribution in [2.75, 3.05) is 26.2 Å². The SMILES string of the molecule is CCOP(C)(=O)COCC(=O)[C@@]1(O)CC[C@H]2[C@@H]3CCC4=CC(=O)C=C[C@]4(C)[C@H]3C(=O)C[C@@]21C. The van der Waals surface area contributed by atoms with E-state index in [-0.39, 0.29) is 55.1 Å². The first-order chi connectivity index (χ1) is 15.4. The third-order valence-electron chi connectivity index (χ3n) is 8.83. The van der Waals surface area contributed by atoms with Crippen LogP contribution >= 0.6 is 7.37 Å². The summed E-state index contributed by atoms with van der Waals surface area (Å²) in [5.41, 5.74) is -1.99. The molecular weight excluding hydrogens is 443 g/mol. The number of rotatable bonds is 7. The minimum absolute atomic E-state index is 0.0271. The maximum absolute atomic E-state index is 13.6. The Morgan fingerprint density at radius 2 is 2.00 bits per heavy atom. The fourth-order valence-electron chi connectivity index (χ4n) is 7.23. The lowest BCUT2D eigenvalue weighted by Gasteiger charge is -2.56. The highest BCUT2D eigenvalue weighted by Crippen LogP contribution is 2.66. The van der Waals surface area contributed by atoms with Crippen LogP contribution in [-0.2, 0) is 28.2 Å². The quantitative estimate of drug-likeness (QED) is 0.556. The summed E-state index contributed by atoms with van der Waals surface area (Å²) in [7, 11) is -2.95.